The lowest BCUT2D eigenvalue weighted by molar-refractivity contribution is -0.127. The summed E-state index contributed by atoms with van der Waals surface area (Å²) in [6.07, 6.45) is 3.17. The molecule has 5 heteroatoms. The van der Waals surface area contributed by atoms with Crippen LogP contribution in [0.2, 0.25) is 0 Å². The third-order valence-electron chi connectivity index (χ3n) is 4.31. The van der Waals surface area contributed by atoms with E-state index in [1.807, 2.05) is 30.0 Å². The lowest BCUT2D eigenvalue weighted by atomic mass is 10.0. The molecule has 128 valence electrons. The molecule has 2 rings (SSSR count). The van der Waals surface area contributed by atoms with Crippen LogP contribution in [0.1, 0.15) is 37.8 Å². The molecular weight excluding hydrogens is 306 g/mol. The van der Waals surface area contributed by atoms with Crippen LogP contribution in [0.15, 0.2) is 30.3 Å². The monoisotopic (exact) mass is 335 g/mol. The van der Waals surface area contributed by atoms with Gasteiger partial charge in [0.05, 0.1) is 0 Å². The number of nitrogens with zero attached hydrogens (tertiary/aromatic N) is 1. The predicted molar refractivity (Wildman–Crippen MR) is 98.6 cm³/mol. The number of amides is 1. The van der Waals surface area contributed by atoms with Gasteiger partial charge in [0.15, 0.2) is 0 Å². The summed E-state index contributed by atoms with van der Waals surface area (Å²) in [5.74, 6) is 2.27. The zero-order valence-corrected chi connectivity index (χ0v) is 14.9. The summed E-state index contributed by atoms with van der Waals surface area (Å²) in [6, 6.07) is 9.98. The molecule has 1 amide bonds. The van der Waals surface area contributed by atoms with Crippen molar-refractivity contribution in [3.63, 3.8) is 0 Å². The van der Waals surface area contributed by atoms with Crippen LogP contribution >= 0.6 is 11.8 Å². The number of unbranched alkanes of at least 4 members (excludes halogenated alkanes) is 1. The van der Waals surface area contributed by atoms with Crippen molar-refractivity contribution in [1.29, 1.82) is 0 Å². The number of carbonyl (C=O) groups is 1. The minimum absolute atomic E-state index is 0.0767. The van der Waals surface area contributed by atoms with E-state index in [0.29, 0.717) is 6.54 Å². The molecule has 0 aromatic heterocycles. The normalized spacial score (nSPS) is 18.3. The van der Waals surface area contributed by atoms with Crippen LogP contribution in [-0.4, -0.2) is 48.0 Å². The molecule has 2 unspecified atom stereocenters. The first-order chi connectivity index (χ1) is 11.3. The van der Waals surface area contributed by atoms with Gasteiger partial charge in [-0.2, -0.15) is 11.8 Å². The molecule has 4 nitrogen and oxygen atoms in total. The van der Waals surface area contributed by atoms with Gasteiger partial charge in [-0.15, -0.1) is 0 Å². The molecule has 0 saturated carbocycles. The molecule has 3 N–H and O–H groups in total. The van der Waals surface area contributed by atoms with E-state index in [9.17, 15) is 4.79 Å². The van der Waals surface area contributed by atoms with Crippen LogP contribution in [0.3, 0.4) is 0 Å². The fraction of sp³-hybridized carbons (Fsp3) is 0.611. The third-order valence-corrected chi connectivity index (χ3v) is 5.25. The van der Waals surface area contributed by atoms with Gasteiger partial charge < -0.3 is 11.1 Å². The van der Waals surface area contributed by atoms with E-state index in [1.54, 1.807) is 0 Å². The van der Waals surface area contributed by atoms with Gasteiger partial charge in [-0.1, -0.05) is 50.1 Å². The Bertz CT molecular complexity index is 463. The van der Waals surface area contributed by atoms with Gasteiger partial charge in [0.2, 0.25) is 5.91 Å². The van der Waals surface area contributed by atoms with Crippen molar-refractivity contribution in [3.8, 4) is 0 Å². The fourth-order valence-electron chi connectivity index (χ4n) is 2.98. The lowest BCUT2D eigenvalue weighted by Crippen LogP contribution is -2.48. The van der Waals surface area contributed by atoms with Gasteiger partial charge in [-0.05, 0) is 12.0 Å². The standard InChI is InChI=1S/C18H29N3OS/c1-2-3-9-16(14-19)20-18(22)17(15-7-5-4-6-8-15)21-10-12-23-13-11-21/h4-8,16-17H,2-3,9-14,19H2,1H3,(H,20,22). The van der Waals surface area contributed by atoms with Gasteiger partial charge in [-0.25, -0.2) is 0 Å². The number of thioether (sulfide) groups is 1. The highest BCUT2D eigenvalue weighted by Crippen LogP contribution is 2.24. The number of rotatable bonds is 8. The molecule has 1 fully saturated rings. The number of nitrogens with one attached hydrogen (secondary N) is 1. The van der Waals surface area contributed by atoms with Crippen molar-refractivity contribution in [2.24, 2.45) is 5.73 Å². The van der Waals surface area contributed by atoms with E-state index in [1.165, 1.54) is 0 Å². The summed E-state index contributed by atoms with van der Waals surface area (Å²) in [5, 5.41) is 3.18. The van der Waals surface area contributed by atoms with E-state index in [4.69, 9.17) is 5.73 Å². The van der Waals surface area contributed by atoms with Crippen molar-refractivity contribution >= 4 is 17.7 Å². The van der Waals surface area contributed by atoms with Crippen molar-refractivity contribution in [3.05, 3.63) is 35.9 Å². The molecule has 2 atom stereocenters. The van der Waals surface area contributed by atoms with Crippen molar-refractivity contribution in [2.45, 2.75) is 38.3 Å². The molecular formula is C18H29N3OS. The smallest absolute Gasteiger partial charge is 0.242 e. The van der Waals surface area contributed by atoms with Gasteiger partial charge in [-0.3, -0.25) is 9.69 Å². The molecule has 0 bridgehead atoms. The van der Waals surface area contributed by atoms with Gasteiger partial charge >= 0.3 is 0 Å². The maximum absolute atomic E-state index is 13.0. The Balaban J connectivity index is 2.10. The Hall–Kier alpha value is -1.04. The Labute approximate surface area is 144 Å². The average Bonchev–Trinajstić information content (AvgIpc) is 2.60. The molecule has 0 radical (unpaired) electrons. The summed E-state index contributed by atoms with van der Waals surface area (Å²) in [7, 11) is 0. The zero-order valence-electron chi connectivity index (χ0n) is 14.0. The second-order valence-electron chi connectivity index (χ2n) is 6.05. The number of nitrogens with two attached hydrogens (primary N) is 1. The van der Waals surface area contributed by atoms with Crippen molar-refractivity contribution < 1.29 is 4.79 Å². The van der Waals surface area contributed by atoms with Gasteiger partial charge in [0.1, 0.15) is 6.04 Å². The van der Waals surface area contributed by atoms with E-state index < -0.39 is 0 Å². The molecule has 1 aromatic rings. The number of hydrogen-bond acceptors (Lipinski definition) is 4. The molecule has 23 heavy (non-hydrogen) atoms. The van der Waals surface area contributed by atoms with E-state index in [-0.39, 0.29) is 18.0 Å². The van der Waals surface area contributed by atoms with Gasteiger partial charge in [0.25, 0.3) is 0 Å². The zero-order chi connectivity index (χ0) is 16.5. The van der Waals surface area contributed by atoms with Crippen molar-refractivity contribution in [1.82, 2.24) is 10.2 Å². The highest BCUT2D eigenvalue weighted by Gasteiger charge is 2.29. The average molecular weight is 336 g/mol. The van der Waals surface area contributed by atoms with Gasteiger partial charge in [0, 0.05) is 37.2 Å². The van der Waals surface area contributed by atoms with Crippen LogP contribution in [0.25, 0.3) is 0 Å². The summed E-state index contributed by atoms with van der Waals surface area (Å²) in [4.78, 5) is 15.3. The van der Waals surface area contributed by atoms with Crippen LogP contribution < -0.4 is 11.1 Å². The van der Waals surface area contributed by atoms with E-state index >= 15 is 0 Å². The van der Waals surface area contributed by atoms with Crippen molar-refractivity contribution in [2.75, 3.05) is 31.1 Å². The maximum atomic E-state index is 13.0. The van der Waals surface area contributed by atoms with Crippen LogP contribution in [-0.2, 0) is 4.79 Å². The summed E-state index contributed by atoms with van der Waals surface area (Å²) >= 11 is 1.96. The SMILES string of the molecule is CCCCC(CN)NC(=O)C(c1ccccc1)N1CCSCC1. The number of carbonyl (C=O) groups excluding carboxylic acids is 1. The fourth-order valence-corrected chi connectivity index (χ4v) is 3.91. The minimum Gasteiger partial charge on any atom is -0.350 e. The summed E-state index contributed by atoms with van der Waals surface area (Å²) in [6.45, 7) is 4.58. The molecule has 0 aliphatic carbocycles. The topological polar surface area (TPSA) is 58.4 Å². The largest absolute Gasteiger partial charge is 0.350 e. The Morgan fingerprint density at radius 2 is 2.00 bits per heavy atom. The first kappa shape index (κ1) is 18.3. The van der Waals surface area contributed by atoms with Crippen LogP contribution in [0.5, 0.6) is 0 Å². The molecule has 1 heterocycles. The highest BCUT2D eigenvalue weighted by atomic mass is 32.2. The van der Waals surface area contributed by atoms with E-state index in [0.717, 1.165) is 49.4 Å². The molecule has 1 aromatic carbocycles. The number of benzene rings is 1. The predicted octanol–water partition coefficient (Wildman–Crippen LogP) is 2.41. The summed E-state index contributed by atoms with van der Waals surface area (Å²) < 4.78 is 0. The second kappa shape index (κ2) is 9.96. The third kappa shape index (κ3) is 5.52. The molecule has 1 aliphatic rings. The Morgan fingerprint density at radius 1 is 1.30 bits per heavy atom. The van der Waals surface area contributed by atoms with E-state index in [2.05, 4.69) is 29.3 Å². The highest BCUT2D eigenvalue weighted by molar-refractivity contribution is 7.99. The Morgan fingerprint density at radius 3 is 2.61 bits per heavy atom. The van der Waals surface area contributed by atoms with Crippen LogP contribution in [0.4, 0.5) is 0 Å². The molecule has 1 saturated heterocycles. The lowest BCUT2D eigenvalue weighted by Gasteiger charge is -2.34. The maximum Gasteiger partial charge on any atom is 0.242 e. The second-order valence-corrected chi connectivity index (χ2v) is 7.27. The van der Waals surface area contributed by atoms with Crippen LogP contribution in [0, 0.1) is 0 Å². The first-order valence-electron chi connectivity index (χ1n) is 8.63. The summed E-state index contributed by atoms with van der Waals surface area (Å²) in [5.41, 5.74) is 6.92. The quantitative estimate of drug-likeness (QED) is 0.766. The first-order valence-corrected chi connectivity index (χ1v) is 9.79. The Kier molecular flexibility index (Phi) is 7.92. The molecule has 0 spiro atoms. The minimum atomic E-state index is -0.201. The number of hydrogen-bond donors (Lipinski definition) is 2. The molecule has 1 aliphatic heterocycles.